The van der Waals surface area contributed by atoms with Gasteiger partial charge in [-0.25, -0.2) is 8.42 Å². The molecule has 1 heterocycles. The van der Waals surface area contributed by atoms with Crippen LogP contribution in [0, 0.1) is 17.8 Å². The quantitative estimate of drug-likeness (QED) is 0.703. The van der Waals surface area contributed by atoms with Crippen LogP contribution in [0.15, 0.2) is 23.1 Å². The first kappa shape index (κ1) is 20.5. The van der Waals surface area contributed by atoms with Crippen LogP contribution in [0.3, 0.4) is 0 Å². The Bertz CT molecular complexity index is 864. The summed E-state index contributed by atoms with van der Waals surface area (Å²) in [5, 5.41) is 0. The summed E-state index contributed by atoms with van der Waals surface area (Å²) in [6.07, 6.45) is 5.74. The number of hydrogen-bond donors (Lipinski definition) is 0. The van der Waals surface area contributed by atoms with Crippen molar-refractivity contribution < 1.29 is 22.7 Å². The van der Waals surface area contributed by atoms with Gasteiger partial charge in [0.1, 0.15) is 0 Å². The van der Waals surface area contributed by atoms with Gasteiger partial charge in [-0.15, -0.1) is 0 Å². The van der Waals surface area contributed by atoms with Gasteiger partial charge in [0.2, 0.25) is 15.9 Å². The molecule has 2 aliphatic carbocycles. The highest BCUT2D eigenvalue weighted by molar-refractivity contribution is 7.89. The molecule has 2 saturated carbocycles. The number of carbonyl (C=O) groups excluding carboxylic acids is 1. The number of hydrogen-bond acceptors (Lipinski definition) is 5. The fourth-order valence-corrected chi connectivity index (χ4v) is 6.72. The van der Waals surface area contributed by atoms with E-state index in [-0.39, 0.29) is 10.8 Å². The molecule has 3 aliphatic rings. The van der Waals surface area contributed by atoms with Crippen LogP contribution in [0.1, 0.15) is 32.1 Å². The third-order valence-corrected chi connectivity index (χ3v) is 8.80. The molecule has 1 aromatic rings. The van der Waals surface area contributed by atoms with E-state index in [9.17, 15) is 13.2 Å². The molecule has 1 saturated heterocycles. The van der Waals surface area contributed by atoms with Crippen molar-refractivity contribution in [3.05, 3.63) is 18.2 Å². The van der Waals surface area contributed by atoms with Crippen LogP contribution < -0.4 is 9.47 Å². The predicted octanol–water partition coefficient (Wildman–Crippen LogP) is 2.36. The molecule has 0 aromatic heterocycles. The maximum Gasteiger partial charge on any atom is 0.243 e. The first-order valence-corrected chi connectivity index (χ1v) is 11.9. The Kier molecular flexibility index (Phi) is 5.75. The molecule has 0 radical (unpaired) electrons. The zero-order valence-corrected chi connectivity index (χ0v) is 18.0. The van der Waals surface area contributed by atoms with E-state index in [4.69, 9.17) is 9.47 Å². The SMILES string of the molecule is COc1ccc(S(=O)(=O)N2CCN(C(=O)C[C@@H]3C[C@@H]4CC[C@@H]3C4)CC2)cc1OC. The van der Waals surface area contributed by atoms with Crippen molar-refractivity contribution in [1.29, 1.82) is 0 Å². The van der Waals surface area contributed by atoms with Crippen LogP contribution >= 0.6 is 0 Å². The standard InChI is InChI=1S/C21H30N2O5S/c1-27-19-6-5-18(14-20(19)28-2)29(25,26)23-9-7-22(8-10-23)21(24)13-17-12-15-3-4-16(17)11-15/h5-6,14-17H,3-4,7-13H2,1-2H3/t15-,16-,17+/m1/s1. The minimum atomic E-state index is -3.64. The van der Waals surface area contributed by atoms with Gasteiger partial charge in [-0.2, -0.15) is 4.31 Å². The molecule has 3 atom stereocenters. The topological polar surface area (TPSA) is 76.2 Å². The third kappa shape index (κ3) is 3.97. The largest absolute Gasteiger partial charge is 0.493 e. The minimum absolute atomic E-state index is 0.178. The lowest BCUT2D eigenvalue weighted by Gasteiger charge is -2.35. The molecule has 8 heteroatoms. The summed E-state index contributed by atoms with van der Waals surface area (Å²) in [6, 6.07) is 4.62. The molecular formula is C21H30N2O5S. The molecular weight excluding hydrogens is 392 g/mol. The zero-order valence-electron chi connectivity index (χ0n) is 17.2. The van der Waals surface area contributed by atoms with Crippen molar-refractivity contribution in [2.45, 2.75) is 37.0 Å². The molecule has 1 amide bonds. The van der Waals surface area contributed by atoms with Crippen LogP contribution in [-0.2, 0) is 14.8 Å². The summed E-state index contributed by atoms with van der Waals surface area (Å²) in [5.41, 5.74) is 0. The fraction of sp³-hybridized carbons (Fsp3) is 0.667. The summed E-state index contributed by atoms with van der Waals surface area (Å²) in [5.74, 6) is 3.16. The molecule has 2 bridgehead atoms. The molecule has 0 unspecified atom stereocenters. The van der Waals surface area contributed by atoms with E-state index in [2.05, 4.69) is 0 Å². The molecule has 1 aromatic carbocycles. The number of sulfonamides is 1. The Morgan fingerprint density at radius 1 is 1.03 bits per heavy atom. The normalized spacial score (nSPS) is 27.2. The Hall–Kier alpha value is -1.80. The monoisotopic (exact) mass is 422 g/mol. The Morgan fingerprint density at radius 3 is 2.34 bits per heavy atom. The lowest BCUT2D eigenvalue weighted by molar-refractivity contribution is -0.133. The number of rotatable bonds is 6. The van der Waals surface area contributed by atoms with Crippen molar-refractivity contribution in [1.82, 2.24) is 9.21 Å². The van der Waals surface area contributed by atoms with Crippen molar-refractivity contribution in [2.75, 3.05) is 40.4 Å². The predicted molar refractivity (Wildman–Crippen MR) is 108 cm³/mol. The van der Waals surface area contributed by atoms with E-state index in [1.165, 1.54) is 56.3 Å². The molecule has 0 N–H and O–H groups in total. The van der Waals surface area contributed by atoms with Crippen LogP contribution in [0.25, 0.3) is 0 Å². The maximum absolute atomic E-state index is 13.0. The first-order chi connectivity index (χ1) is 13.9. The Labute approximate surface area is 173 Å². The molecule has 160 valence electrons. The van der Waals surface area contributed by atoms with E-state index in [0.717, 1.165) is 11.8 Å². The van der Waals surface area contributed by atoms with E-state index in [1.54, 1.807) is 6.07 Å². The molecule has 29 heavy (non-hydrogen) atoms. The fourth-order valence-electron chi connectivity index (χ4n) is 5.28. The van der Waals surface area contributed by atoms with Crippen LogP contribution in [0.2, 0.25) is 0 Å². The van der Waals surface area contributed by atoms with E-state index >= 15 is 0 Å². The summed E-state index contributed by atoms with van der Waals surface area (Å²) >= 11 is 0. The Morgan fingerprint density at radius 2 is 1.76 bits per heavy atom. The van der Waals surface area contributed by atoms with Gasteiger partial charge in [-0.1, -0.05) is 6.42 Å². The number of carbonyl (C=O) groups is 1. The van der Waals surface area contributed by atoms with Crippen molar-refractivity contribution in [3.8, 4) is 11.5 Å². The van der Waals surface area contributed by atoms with Crippen molar-refractivity contribution in [3.63, 3.8) is 0 Å². The summed E-state index contributed by atoms with van der Waals surface area (Å²) in [4.78, 5) is 14.8. The number of benzene rings is 1. The molecule has 0 spiro atoms. The van der Waals surface area contributed by atoms with Gasteiger partial charge in [0.15, 0.2) is 11.5 Å². The van der Waals surface area contributed by atoms with Crippen LogP contribution in [-0.4, -0.2) is 63.9 Å². The highest BCUT2D eigenvalue weighted by atomic mass is 32.2. The zero-order chi connectivity index (χ0) is 20.6. The molecule has 4 rings (SSSR count). The van der Waals surface area contributed by atoms with Gasteiger partial charge < -0.3 is 14.4 Å². The average Bonchev–Trinajstić information content (AvgIpc) is 3.36. The smallest absolute Gasteiger partial charge is 0.243 e. The van der Waals surface area contributed by atoms with Gasteiger partial charge in [-0.3, -0.25) is 4.79 Å². The van der Waals surface area contributed by atoms with Gasteiger partial charge in [0.25, 0.3) is 0 Å². The summed E-state index contributed by atoms with van der Waals surface area (Å²) < 4.78 is 37.9. The number of ether oxygens (including phenoxy) is 2. The maximum atomic E-state index is 13.0. The lowest BCUT2D eigenvalue weighted by atomic mass is 9.86. The van der Waals surface area contributed by atoms with E-state index in [1.807, 2.05) is 4.90 Å². The Balaban J connectivity index is 1.36. The van der Waals surface area contributed by atoms with E-state index in [0.29, 0.717) is 50.0 Å². The second kappa shape index (κ2) is 8.14. The number of methoxy groups -OCH3 is 2. The number of fused-ring (bicyclic) bond motifs is 2. The van der Waals surface area contributed by atoms with Gasteiger partial charge in [-0.05, 0) is 49.1 Å². The second-order valence-electron chi connectivity index (χ2n) is 8.44. The van der Waals surface area contributed by atoms with Crippen LogP contribution in [0.4, 0.5) is 0 Å². The lowest BCUT2D eigenvalue weighted by Crippen LogP contribution is -2.50. The summed E-state index contributed by atoms with van der Waals surface area (Å²) in [6.45, 7) is 1.54. The average molecular weight is 423 g/mol. The first-order valence-electron chi connectivity index (χ1n) is 10.4. The van der Waals surface area contributed by atoms with Crippen LogP contribution in [0.5, 0.6) is 11.5 Å². The second-order valence-corrected chi connectivity index (χ2v) is 10.4. The van der Waals surface area contributed by atoms with Gasteiger partial charge >= 0.3 is 0 Å². The van der Waals surface area contributed by atoms with Gasteiger partial charge in [0.05, 0.1) is 19.1 Å². The van der Waals surface area contributed by atoms with E-state index < -0.39 is 10.0 Å². The molecule has 3 fully saturated rings. The van der Waals surface area contributed by atoms with Crippen molar-refractivity contribution >= 4 is 15.9 Å². The minimum Gasteiger partial charge on any atom is -0.493 e. The van der Waals surface area contributed by atoms with Gasteiger partial charge in [0, 0.05) is 38.7 Å². The number of nitrogens with zero attached hydrogens (tertiary/aromatic N) is 2. The summed E-state index contributed by atoms with van der Waals surface area (Å²) in [7, 11) is -0.644. The third-order valence-electron chi connectivity index (χ3n) is 6.91. The number of amides is 1. The molecule has 1 aliphatic heterocycles. The highest BCUT2D eigenvalue weighted by Gasteiger charge is 2.41. The van der Waals surface area contributed by atoms with Crippen molar-refractivity contribution in [2.24, 2.45) is 17.8 Å². The molecule has 7 nitrogen and oxygen atoms in total. The number of piperazine rings is 1. The highest BCUT2D eigenvalue weighted by Crippen LogP contribution is 2.49.